The van der Waals surface area contributed by atoms with Gasteiger partial charge in [-0.25, -0.2) is 0 Å². The third-order valence-electron chi connectivity index (χ3n) is 4.71. The number of benzene rings is 1. The SMILES string of the molecule is C=C(F)n1cc(OC2CC(C)CC(C)c3ccccc32)ccc1=N. The molecule has 1 aliphatic carbocycles. The van der Waals surface area contributed by atoms with Crippen molar-refractivity contribution in [3.05, 3.63) is 65.8 Å². The molecular formula is C20H23FN2O. The zero-order chi connectivity index (χ0) is 17.3. The number of hydrogen-bond acceptors (Lipinski definition) is 2. The number of nitrogens with one attached hydrogen (secondary N) is 1. The summed E-state index contributed by atoms with van der Waals surface area (Å²) in [5, 5.41) is 7.73. The molecular weight excluding hydrogens is 303 g/mol. The van der Waals surface area contributed by atoms with Crippen LogP contribution in [0.3, 0.4) is 0 Å². The Labute approximate surface area is 141 Å². The second-order valence-electron chi connectivity index (χ2n) is 6.71. The van der Waals surface area contributed by atoms with Crippen molar-refractivity contribution in [1.82, 2.24) is 4.57 Å². The molecule has 1 heterocycles. The monoisotopic (exact) mass is 326 g/mol. The first-order valence-corrected chi connectivity index (χ1v) is 8.33. The molecule has 0 radical (unpaired) electrons. The zero-order valence-corrected chi connectivity index (χ0v) is 14.1. The maximum atomic E-state index is 13.5. The van der Waals surface area contributed by atoms with Crippen LogP contribution in [0.4, 0.5) is 4.39 Å². The fourth-order valence-corrected chi connectivity index (χ4v) is 3.60. The molecule has 4 heteroatoms. The summed E-state index contributed by atoms with van der Waals surface area (Å²) in [5.41, 5.74) is 2.57. The Hall–Kier alpha value is -2.36. The van der Waals surface area contributed by atoms with Gasteiger partial charge >= 0.3 is 0 Å². The van der Waals surface area contributed by atoms with Crippen LogP contribution < -0.4 is 10.2 Å². The van der Waals surface area contributed by atoms with Crippen molar-refractivity contribution in [2.24, 2.45) is 5.92 Å². The highest BCUT2D eigenvalue weighted by molar-refractivity contribution is 5.36. The first-order valence-electron chi connectivity index (χ1n) is 8.33. The Morgan fingerprint density at radius 3 is 2.58 bits per heavy atom. The molecule has 0 saturated heterocycles. The Balaban J connectivity index is 1.97. The molecule has 0 amide bonds. The van der Waals surface area contributed by atoms with E-state index < -0.39 is 5.95 Å². The second-order valence-corrected chi connectivity index (χ2v) is 6.71. The van der Waals surface area contributed by atoms with Gasteiger partial charge in [0.2, 0.25) is 0 Å². The summed E-state index contributed by atoms with van der Waals surface area (Å²) in [6.45, 7) is 7.77. The van der Waals surface area contributed by atoms with Crippen molar-refractivity contribution in [3.63, 3.8) is 0 Å². The molecule has 0 aliphatic heterocycles. The Morgan fingerprint density at radius 2 is 1.88 bits per heavy atom. The smallest absolute Gasteiger partial charge is 0.192 e. The van der Waals surface area contributed by atoms with Gasteiger partial charge in [-0.3, -0.25) is 9.98 Å². The molecule has 3 unspecified atom stereocenters. The molecule has 0 spiro atoms. The van der Waals surface area contributed by atoms with Gasteiger partial charge in [-0.1, -0.05) is 38.1 Å². The lowest BCUT2D eigenvalue weighted by Gasteiger charge is -2.22. The number of rotatable bonds is 3. The number of halogens is 1. The van der Waals surface area contributed by atoms with Gasteiger partial charge in [0.25, 0.3) is 0 Å². The highest BCUT2D eigenvalue weighted by Gasteiger charge is 2.27. The highest BCUT2D eigenvalue weighted by Crippen LogP contribution is 2.40. The first-order chi connectivity index (χ1) is 11.5. The van der Waals surface area contributed by atoms with Crippen molar-refractivity contribution in [2.75, 3.05) is 0 Å². The fourth-order valence-electron chi connectivity index (χ4n) is 3.60. The quantitative estimate of drug-likeness (QED) is 0.790. The first kappa shape index (κ1) is 16.5. The van der Waals surface area contributed by atoms with Gasteiger partial charge in [0.1, 0.15) is 17.3 Å². The van der Waals surface area contributed by atoms with E-state index in [2.05, 4.69) is 38.6 Å². The van der Waals surface area contributed by atoms with Crippen molar-refractivity contribution >= 4 is 5.95 Å². The van der Waals surface area contributed by atoms with Crippen LogP contribution in [0.15, 0.2) is 49.2 Å². The maximum absolute atomic E-state index is 13.5. The van der Waals surface area contributed by atoms with E-state index in [1.54, 1.807) is 6.07 Å². The predicted molar refractivity (Wildman–Crippen MR) is 93.3 cm³/mol. The van der Waals surface area contributed by atoms with E-state index in [1.807, 2.05) is 6.07 Å². The lowest BCUT2D eigenvalue weighted by atomic mass is 9.92. The molecule has 1 aromatic heterocycles. The minimum atomic E-state index is -0.686. The van der Waals surface area contributed by atoms with Crippen LogP contribution in [0, 0.1) is 11.3 Å². The van der Waals surface area contributed by atoms with E-state index >= 15 is 0 Å². The van der Waals surface area contributed by atoms with Crippen LogP contribution in [0.25, 0.3) is 5.95 Å². The molecule has 1 aliphatic rings. The van der Waals surface area contributed by atoms with E-state index in [0.717, 1.165) is 17.4 Å². The Bertz CT molecular complexity index is 811. The fraction of sp³-hybridized carbons (Fsp3) is 0.350. The largest absolute Gasteiger partial charge is 0.484 e. The van der Waals surface area contributed by atoms with Crippen molar-refractivity contribution in [1.29, 1.82) is 5.41 Å². The standard InChI is InChI=1S/C20H23FN2O/c1-13-10-14(2)17-6-4-5-7-18(17)19(11-13)24-16-8-9-20(22)23(12-16)15(3)21/h4-9,12-14,19,22H,3,10-11H2,1-2H3. The summed E-state index contributed by atoms with van der Waals surface area (Å²) in [5.74, 6) is 0.896. The summed E-state index contributed by atoms with van der Waals surface area (Å²) in [6, 6.07) is 11.6. The predicted octanol–water partition coefficient (Wildman–Crippen LogP) is 5.02. The Morgan fingerprint density at radius 1 is 1.17 bits per heavy atom. The number of pyridine rings is 1. The molecule has 3 nitrogen and oxygen atoms in total. The van der Waals surface area contributed by atoms with Gasteiger partial charge in [0, 0.05) is 0 Å². The molecule has 126 valence electrons. The molecule has 1 aromatic carbocycles. The van der Waals surface area contributed by atoms with Crippen molar-refractivity contribution in [2.45, 2.75) is 38.7 Å². The molecule has 0 saturated carbocycles. The van der Waals surface area contributed by atoms with Gasteiger partial charge in [-0.15, -0.1) is 0 Å². The van der Waals surface area contributed by atoms with Crippen LogP contribution in [0.1, 0.15) is 49.8 Å². The van der Waals surface area contributed by atoms with Gasteiger partial charge in [-0.05, 0) is 54.5 Å². The van der Waals surface area contributed by atoms with E-state index in [9.17, 15) is 4.39 Å². The third-order valence-corrected chi connectivity index (χ3v) is 4.71. The molecule has 2 aromatic rings. The van der Waals surface area contributed by atoms with Gasteiger partial charge in [0.05, 0.1) is 6.20 Å². The minimum absolute atomic E-state index is 0.0399. The number of nitrogens with zero attached hydrogens (tertiary/aromatic N) is 1. The lowest BCUT2D eigenvalue weighted by molar-refractivity contribution is 0.174. The lowest BCUT2D eigenvalue weighted by Crippen LogP contribution is -2.17. The molecule has 1 N–H and O–H groups in total. The average molecular weight is 326 g/mol. The maximum Gasteiger partial charge on any atom is 0.192 e. The van der Waals surface area contributed by atoms with Crippen LogP contribution in [-0.4, -0.2) is 4.57 Å². The van der Waals surface area contributed by atoms with E-state index in [1.165, 1.54) is 23.4 Å². The van der Waals surface area contributed by atoms with Gasteiger partial charge < -0.3 is 4.74 Å². The van der Waals surface area contributed by atoms with Crippen LogP contribution in [-0.2, 0) is 0 Å². The summed E-state index contributed by atoms with van der Waals surface area (Å²) in [7, 11) is 0. The number of hydrogen-bond donors (Lipinski definition) is 1. The van der Waals surface area contributed by atoms with E-state index in [-0.39, 0.29) is 11.6 Å². The number of fused-ring (bicyclic) bond motifs is 1. The normalized spacial score (nSPS) is 23.2. The van der Waals surface area contributed by atoms with Crippen LogP contribution >= 0.6 is 0 Å². The third kappa shape index (κ3) is 3.28. The number of aromatic nitrogens is 1. The summed E-state index contributed by atoms with van der Waals surface area (Å²) >= 11 is 0. The topological polar surface area (TPSA) is 38.0 Å². The van der Waals surface area contributed by atoms with E-state index in [0.29, 0.717) is 17.6 Å². The Kier molecular flexibility index (Phi) is 4.56. The molecule has 0 bridgehead atoms. The highest BCUT2D eigenvalue weighted by atomic mass is 19.1. The van der Waals surface area contributed by atoms with Gasteiger partial charge in [0.15, 0.2) is 5.95 Å². The van der Waals surface area contributed by atoms with Gasteiger partial charge in [-0.2, -0.15) is 4.39 Å². The molecule has 3 rings (SSSR count). The number of ether oxygens (including phenoxy) is 1. The molecule has 24 heavy (non-hydrogen) atoms. The van der Waals surface area contributed by atoms with Crippen molar-refractivity contribution < 1.29 is 9.13 Å². The van der Waals surface area contributed by atoms with E-state index in [4.69, 9.17) is 10.1 Å². The minimum Gasteiger partial charge on any atom is -0.484 e. The van der Waals surface area contributed by atoms with Crippen molar-refractivity contribution in [3.8, 4) is 5.75 Å². The average Bonchev–Trinajstić information content (AvgIpc) is 2.66. The summed E-state index contributed by atoms with van der Waals surface area (Å²) < 4.78 is 20.8. The zero-order valence-electron chi connectivity index (χ0n) is 14.1. The second kappa shape index (κ2) is 6.63. The van der Waals surface area contributed by atoms with Crippen LogP contribution in [0.2, 0.25) is 0 Å². The van der Waals surface area contributed by atoms with Crippen LogP contribution in [0.5, 0.6) is 5.75 Å². The summed E-state index contributed by atoms with van der Waals surface area (Å²) in [6.07, 6.45) is 3.47. The molecule has 3 atom stereocenters. The summed E-state index contributed by atoms with van der Waals surface area (Å²) in [4.78, 5) is 0. The molecule has 0 fully saturated rings.